The Bertz CT molecular complexity index is 1300. The smallest absolute Gasteiger partial charge is 0.498 e. The highest BCUT2D eigenvalue weighted by Gasteiger charge is 2.28. The van der Waals surface area contributed by atoms with Gasteiger partial charge in [-0.3, -0.25) is 14.5 Å². The van der Waals surface area contributed by atoms with E-state index in [0.29, 0.717) is 37.4 Å². The fraction of sp³-hybridized carbons (Fsp3) is 0.375. The number of likely N-dealkylation sites (N-methyl/N-ethyl adjacent to an activating group) is 1. The normalized spacial score (nSPS) is 11.2. The van der Waals surface area contributed by atoms with Crippen LogP contribution in [0.4, 0.5) is 0 Å². The van der Waals surface area contributed by atoms with Crippen LogP contribution in [0.3, 0.4) is 0 Å². The molecule has 9 heteroatoms. The minimum Gasteiger partial charge on any atom is -0.498 e. The van der Waals surface area contributed by atoms with E-state index in [2.05, 4.69) is 25.1 Å². The topological polar surface area (TPSA) is 94.5 Å². The fourth-order valence-electron chi connectivity index (χ4n) is 4.10. The van der Waals surface area contributed by atoms with Gasteiger partial charge in [-0.15, -0.1) is 0 Å². The van der Waals surface area contributed by atoms with Gasteiger partial charge in [0.1, 0.15) is 18.1 Å². The predicted octanol–water partition coefficient (Wildman–Crippen LogP) is 4.45. The third-order valence-electron chi connectivity index (χ3n) is 6.65. The molecule has 8 nitrogen and oxygen atoms in total. The number of benzene rings is 3. The van der Waals surface area contributed by atoms with E-state index >= 15 is 0 Å². The Balaban J connectivity index is 1.64. The lowest BCUT2D eigenvalue weighted by molar-refractivity contribution is -0.137. The number of ether oxygens (including phenoxy) is 2. The summed E-state index contributed by atoms with van der Waals surface area (Å²) in [6.45, 7) is 11.4. The van der Waals surface area contributed by atoms with E-state index in [-0.39, 0.29) is 13.0 Å². The molecule has 0 aliphatic heterocycles. The van der Waals surface area contributed by atoms with Crippen molar-refractivity contribution >= 4 is 25.0 Å². The van der Waals surface area contributed by atoms with Gasteiger partial charge in [0.2, 0.25) is 0 Å². The lowest BCUT2D eigenvalue weighted by atomic mass is 9.79. The van der Waals surface area contributed by atoms with Crippen LogP contribution in [0.25, 0.3) is 11.1 Å². The van der Waals surface area contributed by atoms with Crippen molar-refractivity contribution in [3.05, 3.63) is 77.4 Å². The summed E-state index contributed by atoms with van der Waals surface area (Å²) in [5.41, 5.74) is 5.09. The molecule has 3 rings (SSSR count). The molecule has 3 aromatic rings. The number of hydrogen-bond donors (Lipinski definition) is 1. The number of aliphatic hydroxyl groups is 1. The zero-order valence-electron chi connectivity index (χ0n) is 24.8. The van der Waals surface area contributed by atoms with Crippen LogP contribution in [0, 0.1) is 13.8 Å². The minimum absolute atomic E-state index is 0.0929. The maximum absolute atomic E-state index is 12.2. The molecule has 0 saturated carbocycles. The van der Waals surface area contributed by atoms with Crippen LogP contribution >= 0.6 is 0 Å². The molecular weight excluding hydrogens is 521 g/mol. The van der Waals surface area contributed by atoms with Crippen molar-refractivity contribution < 1.29 is 33.5 Å². The van der Waals surface area contributed by atoms with Crippen LogP contribution in [0.15, 0.2) is 60.7 Å². The Morgan fingerprint density at radius 2 is 1.76 bits per heavy atom. The molecule has 0 radical (unpaired) electrons. The number of hydrogen-bond acceptors (Lipinski definition) is 8. The first-order valence-corrected chi connectivity index (χ1v) is 13.7. The summed E-state index contributed by atoms with van der Waals surface area (Å²) < 4.78 is 22.3. The number of rotatable bonds is 15. The van der Waals surface area contributed by atoms with E-state index in [4.69, 9.17) is 18.8 Å². The van der Waals surface area contributed by atoms with Gasteiger partial charge in [0.25, 0.3) is 6.47 Å². The summed E-state index contributed by atoms with van der Waals surface area (Å²) in [7, 11) is 0.676. The zero-order chi connectivity index (χ0) is 30.0. The summed E-state index contributed by atoms with van der Waals surface area (Å²) in [5, 5.41) is 9.94. The molecule has 0 aliphatic carbocycles. The van der Waals surface area contributed by atoms with Gasteiger partial charge in [0.15, 0.2) is 0 Å². The Hall–Kier alpha value is -3.82. The third-order valence-corrected chi connectivity index (χ3v) is 6.65. The highest BCUT2D eigenvalue weighted by molar-refractivity contribution is 6.63. The van der Waals surface area contributed by atoms with Gasteiger partial charge >= 0.3 is 13.1 Å². The van der Waals surface area contributed by atoms with E-state index in [9.17, 15) is 14.7 Å². The van der Waals surface area contributed by atoms with Gasteiger partial charge in [0, 0.05) is 11.9 Å². The van der Waals surface area contributed by atoms with Gasteiger partial charge < -0.3 is 23.9 Å². The summed E-state index contributed by atoms with van der Waals surface area (Å²) in [4.78, 5) is 24.9. The zero-order valence-corrected chi connectivity index (χ0v) is 24.8. The fourth-order valence-corrected chi connectivity index (χ4v) is 4.10. The van der Waals surface area contributed by atoms with E-state index in [1.807, 2.05) is 32.0 Å². The van der Waals surface area contributed by atoms with Crippen LogP contribution < -0.4 is 14.9 Å². The third kappa shape index (κ3) is 9.95. The minimum atomic E-state index is -1.12. The summed E-state index contributed by atoms with van der Waals surface area (Å²) in [6, 6.07) is 19.3. The molecule has 0 amide bonds. The SMILES string of the molecule is CCN(C)CC(=O)OB(OC=O)c1ccc(OCc2cccc(-c3cc(C)c(OCCC(C)(C)O)cc3C)c2)cc1. The molecule has 0 heterocycles. The van der Waals surface area contributed by atoms with Crippen LogP contribution in [0.5, 0.6) is 11.5 Å². The number of carbonyl (C=O) groups is 2. The van der Waals surface area contributed by atoms with Crippen molar-refractivity contribution in [1.82, 2.24) is 4.90 Å². The standard InChI is InChI=1S/C32H40BNO7/c1-7-34(6)20-31(36)41-33(40-22-35)27-11-13-28(14-12-27)39-21-25-9-8-10-26(19-25)29-17-24(3)30(18-23(29)2)38-16-15-32(4,5)37/h8-14,17-19,22,37H,7,15-16,20-21H2,1-6H3. The largest absolute Gasteiger partial charge is 0.636 e. The van der Waals surface area contributed by atoms with Crippen molar-refractivity contribution in [1.29, 1.82) is 0 Å². The summed E-state index contributed by atoms with van der Waals surface area (Å²) in [5.74, 6) is 0.961. The molecule has 1 N–H and O–H groups in total. The second kappa shape index (κ2) is 14.7. The average molecular weight is 561 g/mol. The highest BCUT2D eigenvalue weighted by Crippen LogP contribution is 2.31. The molecule has 0 atom stereocenters. The van der Waals surface area contributed by atoms with E-state index in [0.717, 1.165) is 33.6 Å². The second-order valence-corrected chi connectivity index (χ2v) is 10.8. The molecule has 0 aliphatic rings. The Kier molecular flexibility index (Phi) is 11.4. The first-order chi connectivity index (χ1) is 19.5. The first kappa shape index (κ1) is 31.7. The monoisotopic (exact) mass is 561 g/mol. The van der Waals surface area contributed by atoms with Crippen LogP contribution in [0.2, 0.25) is 0 Å². The lowest BCUT2D eigenvalue weighted by Gasteiger charge is -2.19. The van der Waals surface area contributed by atoms with Gasteiger partial charge in [-0.05, 0) is 99.4 Å². The molecule has 0 unspecified atom stereocenters. The maximum Gasteiger partial charge on any atom is 0.636 e. The molecule has 3 aromatic carbocycles. The van der Waals surface area contributed by atoms with Crippen LogP contribution in [0.1, 0.15) is 43.9 Å². The van der Waals surface area contributed by atoms with Gasteiger partial charge in [-0.2, -0.15) is 0 Å². The number of nitrogens with zero attached hydrogens (tertiary/aromatic N) is 1. The van der Waals surface area contributed by atoms with Crippen molar-refractivity contribution in [2.24, 2.45) is 0 Å². The molecule has 0 saturated heterocycles. The molecule has 0 spiro atoms. The molecule has 0 fully saturated rings. The van der Waals surface area contributed by atoms with E-state index in [1.54, 1.807) is 50.1 Å². The average Bonchev–Trinajstić information content (AvgIpc) is 2.93. The van der Waals surface area contributed by atoms with Crippen molar-refractivity contribution in [2.45, 2.75) is 53.2 Å². The second-order valence-electron chi connectivity index (χ2n) is 10.8. The summed E-state index contributed by atoms with van der Waals surface area (Å²) >= 11 is 0. The quantitative estimate of drug-likeness (QED) is 0.215. The molecule has 0 aromatic heterocycles. The van der Waals surface area contributed by atoms with E-state index in [1.165, 1.54) is 0 Å². The van der Waals surface area contributed by atoms with E-state index < -0.39 is 18.7 Å². The first-order valence-electron chi connectivity index (χ1n) is 13.7. The Labute approximate surface area is 243 Å². The predicted molar refractivity (Wildman–Crippen MR) is 160 cm³/mol. The van der Waals surface area contributed by atoms with Gasteiger partial charge in [-0.1, -0.05) is 37.3 Å². The Morgan fingerprint density at radius 3 is 2.41 bits per heavy atom. The number of aryl methyl sites for hydroxylation is 2. The molecule has 218 valence electrons. The number of carbonyl (C=O) groups excluding carboxylic acids is 2. The molecule has 0 bridgehead atoms. The van der Waals surface area contributed by atoms with Gasteiger partial charge in [0.05, 0.1) is 18.8 Å². The molecule has 41 heavy (non-hydrogen) atoms. The lowest BCUT2D eigenvalue weighted by Crippen LogP contribution is -2.41. The van der Waals surface area contributed by atoms with Gasteiger partial charge in [-0.25, -0.2) is 0 Å². The highest BCUT2D eigenvalue weighted by atomic mass is 16.6. The van der Waals surface area contributed by atoms with Crippen LogP contribution in [-0.2, 0) is 25.5 Å². The summed E-state index contributed by atoms with van der Waals surface area (Å²) in [6.07, 6.45) is 0.551. The Morgan fingerprint density at radius 1 is 1.02 bits per heavy atom. The maximum atomic E-state index is 12.2. The molecular formula is C32H40BNO7. The van der Waals surface area contributed by atoms with Crippen molar-refractivity contribution in [3.8, 4) is 22.6 Å². The van der Waals surface area contributed by atoms with Crippen molar-refractivity contribution in [3.63, 3.8) is 0 Å². The van der Waals surface area contributed by atoms with Crippen molar-refractivity contribution in [2.75, 3.05) is 26.7 Å². The van der Waals surface area contributed by atoms with Crippen LogP contribution in [-0.4, -0.2) is 61.9 Å².